The molecule has 4 heteroatoms. The molecule has 86 valence electrons. The number of rotatable bonds is 3. The third-order valence-corrected chi connectivity index (χ3v) is 3.71. The van der Waals surface area contributed by atoms with Gasteiger partial charge in [0, 0.05) is 6.54 Å². The highest BCUT2D eigenvalue weighted by Crippen LogP contribution is 2.34. The van der Waals surface area contributed by atoms with Crippen LogP contribution in [-0.4, -0.2) is 18.6 Å². The molecule has 0 aliphatic rings. The Morgan fingerprint density at radius 2 is 2.12 bits per heavy atom. The number of ether oxygens (including phenoxy) is 1. The third kappa shape index (κ3) is 1.73. The van der Waals surface area contributed by atoms with Crippen molar-refractivity contribution in [2.45, 2.75) is 20.8 Å². The second-order valence-electron chi connectivity index (χ2n) is 3.72. The Balaban J connectivity index is 2.63. The summed E-state index contributed by atoms with van der Waals surface area (Å²) in [4.78, 5) is 4.59. The Bertz CT molecular complexity index is 519. The van der Waals surface area contributed by atoms with Gasteiger partial charge in [-0.15, -0.1) is 0 Å². The molecule has 0 atom stereocenters. The maximum absolute atomic E-state index is 5.36. The summed E-state index contributed by atoms with van der Waals surface area (Å²) in [6.45, 7) is 7.13. The second kappa shape index (κ2) is 4.29. The summed E-state index contributed by atoms with van der Waals surface area (Å²) in [5, 5.41) is 4.23. The van der Waals surface area contributed by atoms with Crippen LogP contribution in [0, 0.1) is 13.8 Å². The summed E-state index contributed by atoms with van der Waals surface area (Å²) < 4.78 is 6.54. The second-order valence-corrected chi connectivity index (χ2v) is 4.76. The number of hydrogen-bond acceptors (Lipinski definition) is 4. The molecule has 0 unspecified atom stereocenters. The van der Waals surface area contributed by atoms with E-state index in [-0.39, 0.29) is 0 Å². The highest BCUT2D eigenvalue weighted by atomic mass is 32.1. The molecule has 16 heavy (non-hydrogen) atoms. The largest absolute Gasteiger partial charge is 0.496 e. The molecule has 1 aromatic heterocycles. The van der Waals surface area contributed by atoms with Gasteiger partial charge in [-0.1, -0.05) is 11.3 Å². The fourth-order valence-electron chi connectivity index (χ4n) is 1.73. The van der Waals surface area contributed by atoms with E-state index >= 15 is 0 Å². The molecule has 3 nitrogen and oxygen atoms in total. The van der Waals surface area contributed by atoms with Crippen molar-refractivity contribution in [3.05, 3.63) is 17.2 Å². The van der Waals surface area contributed by atoms with Gasteiger partial charge in [0.15, 0.2) is 5.13 Å². The van der Waals surface area contributed by atoms with Crippen LogP contribution >= 0.6 is 11.3 Å². The molecule has 0 aliphatic heterocycles. The van der Waals surface area contributed by atoms with Crippen LogP contribution in [0.1, 0.15) is 18.1 Å². The van der Waals surface area contributed by atoms with Crippen molar-refractivity contribution in [3.63, 3.8) is 0 Å². The third-order valence-electron chi connectivity index (χ3n) is 2.75. The number of nitrogens with one attached hydrogen (secondary N) is 1. The number of thiazole rings is 1. The molecule has 0 bridgehead atoms. The zero-order valence-electron chi connectivity index (χ0n) is 10.0. The highest BCUT2D eigenvalue weighted by Gasteiger charge is 2.11. The average molecular weight is 236 g/mol. The molecule has 1 heterocycles. The number of hydrogen-bond donors (Lipinski definition) is 1. The summed E-state index contributed by atoms with van der Waals surface area (Å²) in [6, 6.07) is 2.07. The van der Waals surface area contributed by atoms with E-state index < -0.39 is 0 Å². The Hall–Kier alpha value is -1.29. The number of benzene rings is 1. The molecule has 0 saturated heterocycles. The van der Waals surface area contributed by atoms with Gasteiger partial charge in [-0.25, -0.2) is 4.98 Å². The van der Waals surface area contributed by atoms with Gasteiger partial charge in [0.25, 0.3) is 0 Å². The predicted molar refractivity (Wildman–Crippen MR) is 69.8 cm³/mol. The van der Waals surface area contributed by atoms with Crippen molar-refractivity contribution in [2.75, 3.05) is 19.0 Å². The van der Waals surface area contributed by atoms with Gasteiger partial charge in [0.1, 0.15) is 5.75 Å². The quantitative estimate of drug-likeness (QED) is 0.887. The molecule has 0 saturated carbocycles. The van der Waals surface area contributed by atoms with E-state index in [4.69, 9.17) is 4.74 Å². The summed E-state index contributed by atoms with van der Waals surface area (Å²) in [5.41, 5.74) is 3.46. The summed E-state index contributed by atoms with van der Waals surface area (Å²) in [7, 11) is 1.71. The summed E-state index contributed by atoms with van der Waals surface area (Å²) in [5.74, 6) is 0.941. The molecule has 0 radical (unpaired) electrons. The normalized spacial score (nSPS) is 10.8. The van der Waals surface area contributed by atoms with Gasteiger partial charge in [-0.2, -0.15) is 0 Å². The van der Waals surface area contributed by atoms with E-state index in [2.05, 4.69) is 37.1 Å². The smallest absolute Gasteiger partial charge is 0.183 e. The summed E-state index contributed by atoms with van der Waals surface area (Å²) in [6.07, 6.45) is 0. The monoisotopic (exact) mass is 236 g/mol. The molecular weight excluding hydrogens is 220 g/mol. The van der Waals surface area contributed by atoms with Gasteiger partial charge in [0.2, 0.25) is 0 Å². The molecule has 2 aromatic rings. The average Bonchev–Trinajstić information content (AvgIpc) is 2.67. The van der Waals surface area contributed by atoms with Crippen LogP contribution in [0.4, 0.5) is 5.13 Å². The first-order valence-corrected chi connectivity index (χ1v) is 6.17. The highest BCUT2D eigenvalue weighted by molar-refractivity contribution is 7.22. The van der Waals surface area contributed by atoms with Gasteiger partial charge >= 0.3 is 0 Å². The first-order chi connectivity index (χ1) is 7.67. The lowest BCUT2D eigenvalue weighted by Gasteiger charge is -2.07. The number of nitrogens with zero attached hydrogens (tertiary/aromatic N) is 1. The first-order valence-electron chi connectivity index (χ1n) is 5.36. The molecule has 0 spiro atoms. The minimum Gasteiger partial charge on any atom is -0.496 e. The molecule has 2 rings (SSSR count). The molecule has 0 fully saturated rings. The van der Waals surface area contributed by atoms with Crippen molar-refractivity contribution in [3.8, 4) is 5.75 Å². The van der Waals surface area contributed by atoms with Crippen LogP contribution < -0.4 is 10.1 Å². The fourth-order valence-corrected chi connectivity index (χ4v) is 2.75. The number of methoxy groups -OCH3 is 1. The lowest BCUT2D eigenvalue weighted by atomic mass is 10.1. The maximum Gasteiger partial charge on any atom is 0.183 e. The lowest BCUT2D eigenvalue weighted by Crippen LogP contribution is -1.95. The van der Waals surface area contributed by atoms with Crippen molar-refractivity contribution < 1.29 is 4.74 Å². The fraction of sp³-hybridized carbons (Fsp3) is 0.417. The van der Waals surface area contributed by atoms with Crippen LogP contribution in [0.2, 0.25) is 0 Å². The Morgan fingerprint density at radius 1 is 1.38 bits per heavy atom. The molecule has 0 amide bonds. The standard InChI is InChI=1S/C12H16N2OS/c1-5-13-12-14-11-8(3)7(2)9(15-4)6-10(11)16-12/h6H,5H2,1-4H3,(H,13,14). The lowest BCUT2D eigenvalue weighted by molar-refractivity contribution is 0.412. The van der Waals surface area contributed by atoms with Crippen LogP contribution in [0.15, 0.2) is 6.07 Å². The van der Waals surface area contributed by atoms with Crippen molar-refractivity contribution >= 4 is 26.7 Å². The van der Waals surface area contributed by atoms with Gasteiger partial charge < -0.3 is 10.1 Å². The summed E-state index contributed by atoms with van der Waals surface area (Å²) >= 11 is 1.67. The first kappa shape index (κ1) is 11.2. The molecule has 0 aliphatic carbocycles. The number of aryl methyl sites for hydroxylation is 1. The zero-order valence-corrected chi connectivity index (χ0v) is 10.9. The van der Waals surface area contributed by atoms with E-state index in [1.54, 1.807) is 18.4 Å². The predicted octanol–water partition coefficient (Wildman–Crippen LogP) is 3.35. The number of aromatic nitrogens is 1. The van der Waals surface area contributed by atoms with E-state index in [9.17, 15) is 0 Å². The van der Waals surface area contributed by atoms with Crippen LogP contribution in [-0.2, 0) is 0 Å². The van der Waals surface area contributed by atoms with E-state index in [0.29, 0.717) is 0 Å². The minimum atomic E-state index is 0.898. The van der Waals surface area contributed by atoms with Crippen molar-refractivity contribution in [2.24, 2.45) is 0 Å². The van der Waals surface area contributed by atoms with Crippen LogP contribution in [0.5, 0.6) is 5.75 Å². The van der Waals surface area contributed by atoms with Crippen molar-refractivity contribution in [1.82, 2.24) is 4.98 Å². The van der Waals surface area contributed by atoms with Crippen LogP contribution in [0.3, 0.4) is 0 Å². The van der Waals surface area contributed by atoms with E-state index in [0.717, 1.165) is 22.9 Å². The number of anilines is 1. The van der Waals surface area contributed by atoms with Crippen LogP contribution in [0.25, 0.3) is 10.2 Å². The Labute approximate surface area is 99.5 Å². The Kier molecular flexibility index (Phi) is 3.01. The minimum absolute atomic E-state index is 0.898. The Morgan fingerprint density at radius 3 is 2.75 bits per heavy atom. The van der Waals surface area contributed by atoms with Gasteiger partial charge in [-0.3, -0.25) is 0 Å². The number of fused-ring (bicyclic) bond motifs is 1. The topological polar surface area (TPSA) is 34.2 Å². The van der Waals surface area contributed by atoms with Crippen molar-refractivity contribution in [1.29, 1.82) is 0 Å². The van der Waals surface area contributed by atoms with Gasteiger partial charge in [0.05, 0.1) is 17.3 Å². The SMILES string of the molecule is CCNc1nc2c(C)c(C)c(OC)cc2s1. The molecule has 1 N–H and O–H groups in total. The maximum atomic E-state index is 5.36. The zero-order chi connectivity index (χ0) is 11.7. The molecular formula is C12H16N2OS. The molecule has 1 aromatic carbocycles. The van der Waals surface area contributed by atoms with Gasteiger partial charge in [-0.05, 0) is 38.0 Å². The van der Waals surface area contributed by atoms with E-state index in [1.807, 2.05) is 0 Å². The van der Waals surface area contributed by atoms with E-state index in [1.165, 1.54) is 15.8 Å².